The Kier molecular flexibility index (Phi) is 4.07. The highest BCUT2D eigenvalue weighted by atomic mass is 16.6. The van der Waals surface area contributed by atoms with Gasteiger partial charge in [0.25, 0.3) is 0 Å². The van der Waals surface area contributed by atoms with Crippen LogP contribution in [0.3, 0.4) is 0 Å². The molecule has 3 aliphatic rings. The van der Waals surface area contributed by atoms with Gasteiger partial charge in [0.05, 0.1) is 11.5 Å². The van der Waals surface area contributed by atoms with Gasteiger partial charge in [-0.3, -0.25) is 4.79 Å². The molecule has 0 radical (unpaired) electrons. The molecule has 6 nitrogen and oxygen atoms in total. The summed E-state index contributed by atoms with van der Waals surface area (Å²) in [6.45, 7) is 8.12. The number of ether oxygens (including phenoxy) is 1. The molecule has 1 saturated carbocycles. The van der Waals surface area contributed by atoms with Crippen molar-refractivity contribution in [2.24, 2.45) is 11.3 Å². The zero-order valence-electron chi connectivity index (χ0n) is 14.4. The van der Waals surface area contributed by atoms with Crippen LogP contribution in [0.5, 0.6) is 0 Å². The van der Waals surface area contributed by atoms with Gasteiger partial charge in [-0.05, 0) is 52.4 Å². The van der Waals surface area contributed by atoms with Crippen LogP contribution in [0.25, 0.3) is 0 Å². The lowest BCUT2D eigenvalue weighted by Crippen LogP contribution is -2.49. The lowest BCUT2D eigenvalue weighted by Gasteiger charge is -2.37. The van der Waals surface area contributed by atoms with E-state index >= 15 is 0 Å². The van der Waals surface area contributed by atoms with Crippen molar-refractivity contribution in [3.05, 3.63) is 0 Å². The molecule has 0 bridgehead atoms. The number of hydrogen-bond donors (Lipinski definition) is 1. The summed E-state index contributed by atoms with van der Waals surface area (Å²) in [7, 11) is 0. The summed E-state index contributed by atoms with van der Waals surface area (Å²) in [4.78, 5) is 28.7. The molecule has 3 fully saturated rings. The van der Waals surface area contributed by atoms with Crippen LogP contribution >= 0.6 is 0 Å². The van der Waals surface area contributed by atoms with E-state index in [1.807, 2.05) is 25.7 Å². The maximum atomic E-state index is 12.8. The monoisotopic (exact) mass is 324 g/mol. The third-order valence-electron chi connectivity index (χ3n) is 5.33. The average Bonchev–Trinajstić information content (AvgIpc) is 3.20. The molecule has 3 rings (SSSR count). The first-order valence-corrected chi connectivity index (χ1v) is 8.67. The number of carbonyl (C=O) groups excluding carboxylic acids is 2. The minimum absolute atomic E-state index is 0.234. The fourth-order valence-electron chi connectivity index (χ4n) is 3.86. The second-order valence-corrected chi connectivity index (χ2v) is 8.26. The molecule has 1 N–H and O–H groups in total. The Hall–Kier alpha value is -1.30. The van der Waals surface area contributed by atoms with Crippen molar-refractivity contribution in [2.45, 2.75) is 58.2 Å². The van der Waals surface area contributed by atoms with Crippen LogP contribution < -0.4 is 0 Å². The first kappa shape index (κ1) is 16.6. The van der Waals surface area contributed by atoms with Crippen molar-refractivity contribution in [1.29, 1.82) is 0 Å². The summed E-state index contributed by atoms with van der Waals surface area (Å²) in [5.41, 5.74) is -0.736. The molecular weight excluding hydrogens is 296 g/mol. The number of fused-ring (bicyclic) bond motifs is 1. The van der Waals surface area contributed by atoms with Crippen molar-refractivity contribution in [3.63, 3.8) is 0 Å². The lowest BCUT2D eigenvalue weighted by molar-refractivity contribution is -0.141. The Balaban J connectivity index is 1.56. The van der Waals surface area contributed by atoms with Crippen LogP contribution in [0.1, 0.15) is 46.5 Å². The summed E-state index contributed by atoms with van der Waals surface area (Å²) in [6.07, 6.45) is 2.43. The molecule has 0 aromatic heterocycles. The molecule has 0 aromatic rings. The van der Waals surface area contributed by atoms with E-state index in [-0.39, 0.29) is 29.4 Å². The third kappa shape index (κ3) is 3.32. The molecule has 2 aliphatic heterocycles. The summed E-state index contributed by atoms with van der Waals surface area (Å²) < 4.78 is 5.43. The molecule has 2 atom stereocenters. The molecule has 23 heavy (non-hydrogen) atoms. The van der Waals surface area contributed by atoms with Crippen LogP contribution in [-0.4, -0.2) is 64.8 Å². The molecule has 130 valence electrons. The highest BCUT2D eigenvalue weighted by Crippen LogP contribution is 2.59. The predicted octanol–water partition coefficient (Wildman–Crippen LogP) is 1.62. The first-order valence-electron chi connectivity index (χ1n) is 8.67. The number of carbonyl (C=O) groups is 2. The SMILES string of the molecule is CC(C)(C)OC(=O)N1CCC2(C(=O)N3CCC(O)CC3)CC2C1. The minimum atomic E-state index is -0.486. The van der Waals surface area contributed by atoms with E-state index in [0.717, 1.165) is 12.8 Å². The van der Waals surface area contributed by atoms with Gasteiger partial charge in [0.15, 0.2) is 0 Å². The predicted molar refractivity (Wildman–Crippen MR) is 84.8 cm³/mol. The number of likely N-dealkylation sites (tertiary alicyclic amines) is 2. The third-order valence-corrected chi connectivity index (χ3v) is 5.33. The topological polar surface area (TPSA) is 70.1 Å². The van der Waals surface area contributed by atoms with Gasteiger partial charge in [-0.15, -0.1) is 0 Å². The Morgan fingerprint density at radius 1 is 1.13 bits per heavy atom. The van der Waals surface area contributed by atoms with Crippen molar-refractivity contribution in [1.82, 2.24) is 9.80 Å². The van der Waals surface area contributed by atoms with Gasteiger partial charge in [0.1, 0.15) is 5.60 Å². The number of aliphatic hydroxyl groups is 1. The van der Waals surface area contributed by atoms with Gasteiger partial charge in [-0.2, -0.15) is 0 Å². The van der Waals surface area contributed by atoms with Crippen LogP contribution in [0.15, 0.2) is 0 Å². The van der Waals surface area contributed by atoms with Crippen molar-refractivity contribution >= 4 is 12.0 Å². The number of aliphatic hydroxyl groups excluding tert-OH is 1. The Morgan fingerprint density at radius 3 is 2.35 bits per heavy atom. The van der Waals surface area contributed by atoms with Crippen molar-refractivity contribution < 1.29 is 19.4 Å². The van der Waals surface area contributed by atoms with Crippen LogP contribution in [0, 0.1) is 11.3 Å². The minimum Gasteiger partial charge on any atom is -0.444 e. The highest BCUT2D eigenvalue weighted by Gasteiger charge is 2.63. The van der Waals surface area contributed by atoms with Gasteiger partial charge < -0.3 is 19.6 Å². The van der Waals surface area contributed by atoms with E-state index in [1.54, 1.807) is 4.90 Å². The van der Waals surface area contributed by atoms with Crippen molar-refractivity contribution in [2.75, 3.05) is 26.2 Å². The zero-order valence-corrected chi connectivity index (χ0v) is 14.4. The molecular formula is C17H28N2O4. The number of hydrogen-bond acceptors (Lipinski definition) is 4. The first-order chi connectivity index (χ1) is 10.7. The van der Waals surface area contributed by atoms with Crippen LogP contribution in [0.4, 0.5) is 4.79 Å². The second kappa shape index (κ2) is 5.65. The Labute approximate surface area is 137 Å². The van der Waals surface area contributed by atoms with Gasteiger partial charge in [0.2, 0.25) is 5.91 Å². The highest BCUT2D eigenvalue weighted by molar-refractivity contribution is 5.87. The second-order valence-electron chi connectivity index (χ2n) is 8.26. The lowest BCUT2D eigenvalue weighted by atomic mass is 9.92. The molecule has 0 aromatic carbocycles. The fraction of sp³-hybridized carbons (Fsp3) is 0.882. The molecule has 6 heteroatoms. The largest absolute Gasteiger partial charge is 0.444 e. The number of nitrogens with zero attached hydrogens (tertiary/aromatic N) is 2. The molecule has 2 saturated heterocycles. The summed E-state index contributed by atoms with van der Waals surface area (Å²) in [5, 5.41) is 9.59. The molecule has 2 heterocycles. The Morgan fingerprint density at radius 2 is 1.78 bits per heavy atom. The molecule has 2 unspecified atom stereocenters. The number of rotatable bonds is 1. The van der Waals surface area contributed by atoms with Crippen molar-refractivity contribution in [3.8, 4) is 0 Å². The van der Waals surface area contributed by atoms with Gasteiger partial charge in [-0.1, -0.05) is 0 Å². The van der Waals surface area contributed by atoms with Crippen LogP contribution in [0.2, 0.25) is 0 Å². The molecule has 1 aliphatic carbocycles. The van der Waals surface area contributed by atoms with E-state index in [2.05, 4.69) is 0 Å². The van der Waals surface area contributed by atoms with E-state index in [9.17, 15) is 14.7 Å². The molecule has 0 spiro atoms. The smallest absolute Gasteiger partial charge is 0.410 e. The van der Waals surface area contributed by atoms with Gasteiger partial charge >= 0.3 is 6.09 Å². The standard InChI is InChI=1S/C17H28N2O4/c1-16(2,3)23-15(22)19-9-6-17(10-12(17)11-19)14(21)18-7-4-13(20)5-8-18/h12-13,20H,4-11H2,1-3H3. The maximum absolute atomic E-state index is 12.8. The average molecular weight is 324 g/mol. The molecule has 2 amide bonds. The maximum Gasteiger partial charge on any atom is 0.410 e. The van der Waals surface area contributed by atoms with Gasteiger partial charge in [0, 0.05) is 26.2 Å². The van der Waals surface area contributed by atoms with Gasteiger partial charge in [-0.25, -0.2) is 4.79 Å². The van der Waals surface area contributed by atoms with E-state index in [1.165, 1.54) is 0 Å². The van der Waals surface area contributed by atoms with E-state index in [0.29, 0.717) is 39.0 Å². The zero-order chi connectivity index (χ0) is 16.8. The number of piperidine rings is 2. The quantitative estimate of drug-likeness (QED) is 0.796. The Bertz CT molecular complexity index is 493. The summed E-state index contributed by atoms with van der Waals surface area (Å²) >= 11 is 0. The van der Waals surface area contributed by atoms with Crippen LogP contribution in [-0.2, 0) is 9.53 Å². The van der Waals surface area contributed by atoms with E-state index < -0.39 is 5.60 Å². The summed E-state index contributed by atoms with van der Waals surface area (Å²) in [5.74, 6) is 0.501. The summed E-state index contributed by atoms with van der Waals surface area (Å²) in [6, 6.07) is 0. The van der Waals surface area contributed by atoms with E-state index in [4.69, 9.17) is 4.74 Å². The fourth-order valence-corrected chi connectivity index (χ4v) is 3.86. The number of amides is 2. The normalized spacial score (nSPS) is 31.6.